The summed E-state index contributed by atoms with van der Waals surface area (Å²) in [5, 5.41) is 0. The van der Waals surface area contributed by atoms with E-state index in [0.29, 0.717) is 11.4 Å². The summed E-state index contributed by atoms with van der Waals surface area (Å²) in [6, 6.07) is 11.5. The van der Waals surface area contributed by atoms with Crippen molar-refractivity contribution in [1.29, 1.82) is 0 Å². The average molecular weight is 303 g/mol. The molecule has 6 heteroatoms. The Morgan fingerprint density at radius 2 is 2.05 bits per heavy atom. The van der Waals surface area contributed by atoms with E-state index >= 15 is 0 Å². The molecule has 5 nitrogen and oxygen atoms in total. The smallest absolute Gasteiger partial charge is 0.286 e. The van der Waals surface area contributed by atoms with Gasteiger partial charge in [0.05, 0.1) is 5.75 Å². The van der Waals surface area contributed by atoms with Crippen LogP contribution in [0.15, 0.2) is 42.6 Å². The third-order valence-electron chi connectivity index (χ3n) is 2.74. The summed E-state index contributed by atoms with van der Waals surface area (Å²) in [6.45, 7) is 2.04. The molecule has 1 aromatic carbocycles. The lowest BCUT2D eigenvalue weighted by atomic mass is 10.2. The van der Waals surface area contributed by atoms with E-state index in [9.17, 15) is 9.59 Å². The van der Waals surface area contributed by atoms with Crippen LogP contribution < -0.4 is 10.9 Å². The van der Waals surface area contributed by atoms with E-state index in [2.05, 4.69) is 21.9 Å². The first-order valence-electron chi connectivity index (χ1n) is 6.51. The van der Waals surface area contributed by atoms with Crippen molar-refractivity contribution in [3.8, 4) is 0 Å². The van der Waals surface area contributed by atoms with Gasteiger partial charge in [-0.15, -0.1) is 11.8 Å². The second-order valence-corrected chi connectivity index (χ2v) is 5.55. The van der Waals surface area contributed by atoms with E-state index in [1.54, 1.807) is 18.3 Å². The molecule has 3 N–H and O–H groups in total. The number of aromatic nitrogens is 1. The van der Waals surface area contributed by atoms with Gasteiger partial charge in [-0.25, -0.2) is 0 Å². The highest BCUT2D eigenvalue weighted by Crippen LogP contribution is 2.12. The summed E-state index contributed by atoms with van der Waals surface area (Å²) in [6.07, 6.45) is 1.65. The molecule has 0 radical (unpaired) electrons. The number of hydrogen-bond donors (Lipinski definition) is 3. The Morgan fingerprint density at radius 3 is 2.76 bits per heavy atom. The molecule has 2 amide bonds. The van der Waals surface area contributed by atoms with Crippen LogP contribution in [0.5, 0.6) is 0 Å². The molecule has 0 aliphatic rings. The van der Waals surface area contributed by atoms with Crippen LogP contribution in [0.3, 0.4) is 0 Å². The predicted molar refractivity (Wildman–Crippen MR) is 83.7 cm³/mol. The first-order valence-corrected chi connectivity index (χ1v) is 7.66. The van der Waals surface area contributed by atoms with Gasteiger partial charge in [-0.05, 0) is 24.6 Å². The number of hydrogen-bond acceptors (Lipinski definition) is 3. The minimum atomic E-state index is -0.364. The molecule has 0 fully saturated rings. The van der Waals surface area contributed by atoms with Crippen molar-refractivity contribution in [2.45, 2.75) is 12.7 Å². The van der Waals surface area contributed by atoms with Gasteiger partial charge in [0.2, 0.25) is 5.91 Å². The molecule has 0 spiro atoms. The van der Waals surface area contributed by atoms with Gasteiger partial charge in [0, 0.05) is 11.9 Å². The lowest BCUT2D eigenvalue weighted by Gasteiger charge is -2.06. The molecule has 21 heavy (non-hydrogen) atoms. The Kier molecular flexibility index (Phi) is 5.45. The van der Waals surface area contributed by atoms with Crippen molar-refractivity contribution >= 4 is 23.6 Å². The van der Waals surface area contributed by atoms with Gasteiger partial charge < -0.3 is 4.98 Å². The summed E-state index contributed by atoms with van der Waals surface area (Å²) in [7, 11) is 0. The maximum absolute atomic E-state index is 11.6. The third-order valence-corrected chi connectivity index (χ3v) is 3.75. The monoisotopic (exact) mass is 303 g/mol. The molecule has 0 bridgehead atoms. The number of rotatable bonds is 5. The zero-order valence-electron chi connectivity index (χ0n) is 11.7. The molecular weight excluding hydrogens is 286 g/mol. The summed E-state index contributed by atoms with van der Waals surface area (Å²) in [5.41, 5.74) is 7.54. The second-order valence-electron chi connectivity index (χ2n) is 4.57. The maximum Gasteiger partial charge on any atom is 0.286 e. The van der Waals surface area contributed by atoms with Crippen molar-refractivity contribution in [3.05, 3.63) is 59.4 Å². The van der Waals surface area contributed by atoms with Crippen LogP contribution in [0.1, 0.15) is 21.6 Å². The number of thioether (sulfide) groups is 1. The van der Waals surface area contributed by atoms with Crippen LogP contribution in [-0.2, 0) is 10.5 Å². The highest BCUT2D eigenvalue weighted by molar-refractivity contribution is 7.99. The molecule has 0 saturated carbocycles. The van der Waals surface area contributed by atoms with Crippen molar-refractivity contribution in [1.82, 2.24) is 15.8 Å². The minimum absolute atomic E-state index is 0.229. The zero-order valence-corrected chi connectivity index (χ0v) is 12.5. The topological polar surface area (TPSA) is 74.0 Å². The Balaban J connectivity index is 1.67. The van der Waals surface area contributed by atoms with Gasteiger partial charge in [0.1, 0.15) is 5.69 Å². The quantitative estimate of drug-likeness (QED) is 0.740. The fourth-order valence-electron chi connectivity index (χ4n) is 1.76. The highest BCUT2D eigenvalue weighted by Gasteiger charge is 2.07. The largest absolute Gasteiger partial charge is 0.357 e. The van der Waals surface area contributed by atoms with E-state index in [0.717, 1.165) is 5.75 Å². The van der Waals surface area contributed by atoms with Crippen LogP contribution >= 0.6 is 11.8 Å². The molecule has 0 unspecified atom stereocenters. The van der Waals surface area contributed by atoms with Crippen LogP contribution in [0.25, 0.3) is 0 Å². The number of nitrogens with one attached hydrogen (secondary N) is 3. The Morgan fingerprint density at radius 1 is 1.19 bits per heavy atom. The number of carbonyl (C=O) groups excluding carboxylic acids is 2. The predicted octanol–water partition coefficient (Wildman–Crippen LogP) is 2.02. The van der Waals surface area contributed by atoms with Crippen molar-refractivity contribution in [2.24, 2.45) is 0 Å². The summed E-state index contributed by atoms with van der Waals surface area (Å²) < 4.78 is 0. The third kappa shape index (κ3) is 5.00. The lowest BCUT2D eigenvalue weighted by molar-refractivity contribution is -0.119. The summed E-state index contributed by atoms with van der Waals surface area (Å²) >= 11 is 1.50. The number of carbonyl (C=O) groups is 2. The lowest BCUT2D eigenvalue weighted by Crippen LogP contribution is -2.42. The number of aromatic amines is 1. The Hall–Kier alpha value is -2.21. The average Bonchev–Trinajstić information content (AvgIpc) is 2.99. The van der Waals surface area contributed by atoms with E-state index in [4.69, 9.17) is 0 Å². The standard InChI is InChI=1S/C15H17N3O2S/c1-11-4-2-5-12(8-11)9-21-10-14(19)17-18-15(20)13-6-3-7-16-13/h2-8,16H,9-10H2,1H3,(H,17,19)(H,18,20). The maximum atomic E-state index is 11.6. The Labute approximate surface area is 127 Å². The van der Waals surface area contributed by atoms with Gasteiger partial charge in [-0.3, -0.25) is 20.4 Å². The van der Waals surface area contributed by atoms with Gasteiger partial charge in [0.15, 0.2) is 0 Å². The van der Waals surface area contributed by atoms with Crippen molar-refractivity contribution in [2.75, 3.05) is 5.75 Å². The minimum Gasteiger partial charge on any atom is -0.357 e. The molecule has 0 aliphatic carbocycles. The van der Waals surface area contributed by atoms with Gasteiger partial charge >= 0.3 is 0 Å². The van der Waals surface area contributed by atoms with Crippen molar-refractivity contribution in [3.63, 3.8) is 0 Å². The molecule has 110 valence electrons. The first-order chi connectivity index (χ1) is 10.1. The number of amides is 2. The fraction of sp³-hybridized carbons (Fsp3) is 0.200. The van der Waals surface area contributed by atoms with E-state index in [-0.39, 0.29) is 11.8 Å². The van der Waals surface area contributed by atoms with E-state index in [1.165, 1.54) is 22.9 Å². The molecule has 0 saturated heterocycles. The fourth-order valence-corrected chi connectivity index (χ4v) is 2.54. The first kappa shape index (κ1) is 15.2. The highest BCUT2D eigenvalue weighted by atomic mass is 32.2. The van der Waals surface area contributed by atoms with Crippen LogP contribution in [-0.4, -0.2) is 22.6 Å². The normalized spacial score (nSPS) is 10.1. The molecule has 2 aromatic rings. The Bertz CT molecular complexity index is 611. The zero-order chi connectivity index (χ0) is 15.1. The van der Waals surface area contributed by atoms with E-state index < -0.39 is 0 Å². The molecule has 0 atom stereocenters. The number of H-pyrrole nitrogens is 1. The number of benzene rings is 1. The number of hydrazine groups is 1. The molecule has 2 rings (SSSR count). The van der Waals surface area contributed by atoms with Gasteiger partial charge in [0.25, 0.3) is 5.91 Å². The summed E-state index contributed by atoms with van der Waals surface area (Å²) in [4.78, 5) is 26.0. The van der Waals surface area contributed by atoms with Crippen LogP contribution in [0, 0.1) is 6.92 Å². The van der Waals surface area contributed by atoms with Crippen LogP contribution in [0.4, 0.5) is 0 Å². The molecule has 1 heterocycles. The molecular formula is C15H17N3O2S. The second kappa shape index (κ2) is 7.54. The van der Waals surface area contributed by atoms with E-state index in [1.807, 2.05) is 25.1 Å². The van der Waals surface area contributed by atoms with Crippen molar-refractivity contribution < 1.29 is 9.59 Å². The SMILES string of the molecule is Cc1cccc(CSCC(=O)NNC(=O)c2ccc[nH]2)c1. The molecule has 0 aliphatic heterocycles. The number of aryl methyl sites for hydroxylation is 1. The van der Waals surface area contributed by atoms with Gasteiger partial charge in [-0.2, -0.15) is 0 Å². The van der Waals surface area contributed by atoms with Gasteiger partial charge in [-0.1, -0.05) is 29.8 Å². The van der Waals surface area contributed by atoms with Crippen LogP contribution in [0.2, 0.25) is 0 Å². The summed E-state index contributed by atoms with van der Waals surface area (Å²) in [5.74, 6) is 0.461. The molecule has 1 aromatic heterocycles.